The molecule has 1 saturated carbocycles. The highest BCUT2D eigenvalue weighted by atomic mass is 16.6. The summed E-state index contributed by atoms with van der Waals surface area (Å²) in [7, 11) is 1.35. The molecule has 0 aliphatic heterocycles. The van der Waals surface area contributed by atoms with Gasteiger partial charge in [0.1, 0.15) is 11.9 Å². The van der Waals surface area contributed by atoms with E-state index in [-0.39, 0.29) is 30.7 Å². The van der Waals surface area contributed by atoms with E-state index in [1.807, 2.05) is 12.1 Å². The number of methoxy groups -OCH3 is 1. The number of fused-ring (bicyclic) bond motifs is 2. The van der Waals surface area contributed by atoms with Gasteiger partial charge in [-0.2, -0.15) is 0 Å². The monoisotopic (exact) mass is 486 g/mol. The third-order valence-corrected chi connectivity index (χ3v) is 7.37. The molecule has 1 aromatic carbocycles. The highest BCUT2D eigenvalue weighted by Crippen LogP contribution is 2.48. The Balaban J connectivity index is 1.77. The number of carbonyl (C=O) groups excluding carboxylic acids is 2. The normalized spacial score (nSPS) is 22.9. The molecule has 0 heterocycles. The first-order chi connectivity index (χ1) is 17.0. The lowest BCUT2D eigenvalue weighted by Gasteiger charge is -2.29. The number of hydrogen-bond acceptors (Lipinski definition) is 6. The van der Waals surface area contributed by atoms with Crippen molar-refractivity contribution in [3.05, 3.63) is 41.0 Å². The number of aliphatic hydroxyl groups excluding tert-OH is 1. The van der Waals surface area contributed by atoms with Gasteiger partial charge in [-0.05, 0) is 73.1 Å². The second-order valence-corrected chi connectivity index (χ2v) is 9.94. The van der Waals surface area contributed by atoms with Gasteiger partial charge in [0.05, 0.1) is 13.2 Å². The Bertz CT molecular complexity index is 876. The number of esters is 2. The minimum atomic E-state index is -0.404. The summed E-state index contributed by atoms with van der Waals surface area (Å²) in [6.07, 6.45) is 10.9. The average molecular weight is 487 g/mol. The molecule has 0 amide bonds. The fraction of sp³-hybridized carbons (Fsp3) is 0.655. The maximum atomic E-state index is 12.5. The maximum Gasteiger partial charge on any atom is 0.343 e. The van der Waals surface area contributed by atoms with Crippen LogP contribution in [0.5, 0.6) is 5.75 Å². The molecule has 6 nitrogen and oxygen atoms in total. The van der Waals surface area contributed by atoms with Crippen molar-refractivity contribution < 1.29 is 28.9 Å². The minimum absolute atomic E-state index is 0.111. The molecule has 0 radical (unpaired) electrons. The number of hydrogen-bond donors (Lipinski definition) is 1. The third-order valence-electron chi connectivity index (χ3n) is 7.37. The zero-order chi connectivity index (χ0) is 25.2. The van der Waals surface area contributed by atoms with Crippen LogP contribution >= 0.6 is 0 Å². The summed E-state index contributed by atoms with van der Waals surface area (Å²) in [6.45, 7) is 4.12. The topological polar surface area (TPSA) is 82.1 Å². The summed E-state index contributed by atoms with van der Waals surface area (Å²) < 4.78 is 16.5. The molecular weight excluding hydrogens is 444 g/mol. The summed E-state index contributed by atoms with van der Waals surface area (Å²) in [5.41, 5.74) is 3.51. The van der Waals surface area contributed by atoms with Gasteiger partial charge in [0.15, 0.2) is 6.61 Å². The molecule has 3 rings (SSSR count). The van der Waals surface area contributed by atoms with Crippen LogP contribution in [-0.4, -0.2) is 43.0 Å². The van der Waals surface area contributed by atoms with Crippen LogP contribution in [0.2, 0.25) is 0 Å². The van der Waals surface area contributed by atoms with E-state index < -0.39 is 5.97 Å². The van der Waals surface area contributed by atoms with Crippen molar-refractivity contribution in [1.82, 2.24) is 0 Å². The Morgan fingerprint density at radius 3 is 2.66 bits per heavy atom. The van der Waals surface area contributed by atoms with E-state index in [0.717, 1.165) is 69.1 Å². The quantitative estimate of drug-likeness (QED) is 0.230. The van der Waals surface area contributed by atoms with Crippen LogP contribution in [0.15, 0.2) is 29.8 Å². The lowest BCUT2D eigenvalue weighted by Crippen LogP contribution is -2.23. The van der Waals surface area contributed by atoms with Gasteiger partial charge in [-0.15, -0.1) is 0 Å². The molecule has 194 valence electrons. The fourth-order valence-corrected chi connectivity index (χ4v) is 5.42. The van der Waals surface area contributed by atoms with Crippen LogP contribution in [0.1, 0.15) is 82.8 Å². The molecule has 0 bridgehead atoms. The van der Waals surface area contributed by atoms with Gasteiger partial charge in [0.2, 0.25) is 0 Å². The second-order valence-electron chi connectivity index (χ2n) is 9.94. The summed E-state index contributed by atoms with van der Waals surface area (Å²) in [5, 5.41) is 10.5. The number of ether oxygens (including phenoxy) is 3. The van der Waals surface area contributed by atoms with Crippen molar-refractivity contribution in [1.29, 1.82) is 0 Å². The van der Waals surface area contributed by atoms with E-state index in [0.29, 0.717) is 18.8 Å². The zero-order valence-corrected chi connectivity index (χ0v) is 21.6. The molecule has 35 heavy (non-hydrogen) atoms. The van der Waals surface area contributed by atoms with E-state index in [9.17, 15) is 14.7 Å². The lowest BCUT2D eigenvalue weighted by atomic mass is 9.76. The molecule has 6 heteroatoms. The molecule has 0 unspecified atom stereocenters. The minimum Gasteiger partial charge on any atom is -0.482 e. The predicted octanol–water partition coefficient (Wildman–Crippen LogP) is 5.33. The van der Waals surface area contributed by atoms with Gasteiger partial charge in [-0.3, -0.25) is 4.79 Å². The number of aliphatic hydroxyl groups is 1. The molecule has 0 spiro atoms. The molecule has 2 aliphatic carbocycles. The lowest BCUT2D eigenvalue weighted by molar-refractivity contribution is -0.147. The first-order valence-corrected chi connectivity index (χ1v) is 13.3. The first kappa shape index (κ1) is 27.3. The fourth-order valence-electron chi connectivity index (χ4n) is 5.42. The molecule has 1 N–H and O–H groups in total. The van der Waals surface area contributed by atoms with Crippen molar-refractivity contribution in [2.24, 2.45) is 11.8 Å². The summed E-state index contributed by atoms with van der Waals surface area (Å²) in [5.74, 6) is 0.804. The van der Waals surface area contributed by atoms with Crippen molar-refractivity contribution in [2.45, 2.75) is 96.7 Å². The SMILES string of the molecule is CCCCC[C@@H](O)C/C=C1/[C@H]2Cc3cccc(OCC(=O)OC)c3C[C@H]2C[C@H]1OC(=O)CCCC. The van der Waals surface area contributed by atoms with Crippen molar-refractivity contribution >= 4 is 11.9 Å². The Morgan fingerprint density at radius 2 is 1.91 bits per heavy atom. The van der Waals surface area contributed by atoms with Crippen molar-refractivity contribution in [3.8, 4) is 5.75 Å². The molecule has 1 aromatic rings. The average Bonchev–Trinajstić information content (AvgIpc) is 3.18. The number of rotatable bonds is 13. The maximum absolute atomic E-state index is 12.5. The van der Waals surface area contributed by atoms with Crippen molar-refractivity contribution in [2.75, 3.05) is 13.7 Å². The molecule has 0 saturated heterocycles. The van der Waals surface area contributed by atoms with Gasteiger partial charge in [-0.1, -0.05) is 57.7 Å². The number of unbranched alkanes of at least 4 members (excludes halogenated alkanes) is 3. The van der Waals surface area contributed by atoms with Gasteiger partial charge in [0.25, 0.3) is 0 Å². The summed E-state index contributed by atoms with van der Waals surface area (Å²) in [4.78, 5) is 24.1. The summed E-state index contributed by atoms with van der Waals surface area (Å²) >= 11 is 0. The highest BCUT2D eigenvalue weighted by molar-refractivity contribution is 5.71. The van der Waals surface area contributed by atoms with Gasteiger partial charge < -0.3 is 19.3 Å². The second kappa shape index (κ2) is 13.7. The largest absolute Gasteiger partial charge is 0.482 e. The molecule has 0 aromatic heterocycles. The van der Waals surface area contributed by atoms with E-state index in [1.54, 1.807) is 0 Å². The van der Waals surface area contributed by atoms with Crippen LogP contribution in [-0.2, 0) is 31.9 Å². The summed E-state index contributed by atoms with van der Waals surface area (Å²) in [6, 6.07) is 5.99. The predicted molar refractivity (Wildman–Crippen MR) is 135 cm³/mol. The number of benzene rings is 1. The molecular formula is C29H42O6. The van der Waals surface area contributed by atoms with Gasteiger partial charge in [0, 0.05) is 6.42 Å². The third kappa shape index (κ3) is 7.57. The van der Waals surface area contributed by atoms with Crippen LogP contribution in [0.4, 0.5) is 0 Å². The van der Waals surface area contributed by atoms with E-state index in [4.69, 9.17) is 14.2 Å². The Hall–Kier alpha value is -2.34. The van der Waals surface area contributed by atoms with Gasteiger partial charge in [-0.25, -0.2) is 4.79 Å². The number of carbonyl (C=O) groups is 2. The highest BCUT2D eigenvalue weighted by Gasteiger charge is 2.43. The van der Waals surface area contributed by atoms with E-state index in [2.05, 4.69) is 26.0 Å². The van der Waals surface area contributed by atoms with E-state index >= 15 is 0 Å². The van der Waals surface area contributed by atoms with Gasteiger partial charge >= 0.3 is 11.9 Å². The van der Waals surface area contributed by atoms with Crippen molar-refractivity contribution in [3.63, 3.8) is 0 Å². The Labute approximate surface area is 210 Å². The Morgan fingerprint density at radius 1 is 1.11 bits per heavy atom. The first-order valence-electron chi connectivity index (χ1n) is 13.3. The zero-order valence-electron chi connectivity index (χ0n) is 21.6. The van der Waals surface area contributed by atoms with Crippen LogP contribution in [0.25, 0.3) is 0 Å². The Kier molecular flexibility index (Phi) is 10.6. The standard InChI is InChI=1S/C29H42O6/c1-4-6-8-11-22(30)14-15-23-24-16-20-10-9-12-26(34-19-29(32)33-3)25(20)17-21(24)18-27(23)35-28(31)13-7-5-2/h9-10,12,15,21-22,24,27,30H,4-8,11,13-14,16-19H2,1-3H3/b23-15-/t21-,22+,24-,27+/m0/s1. The van der Waals surface area contributed by atoms with Crippen LogP contribution < -0.4 is 4.74 Å². The smallest absolute Gasteiger partial charge is 0.343 e. The van der Waals surface area contributed by atoms with Crippen LogP contribution in [0, 0.1) is 11.8 Å². The molecule has 4 atom stereocenters. The van der Waals surface area contributed by atoms with E-state index in [1.165, 1.54) is 18.2 Å². The molecule has 2 aliphatic rings. The van der Waals surface area contributed by atoms with Crippen LogP contribution in [0.3, 0.4) is 0 Å². The molecule has 1 fully saturated rings.